The van der Waals surface area contributed by atoms with Crippen LogP contribution in [-0.2, 0) is 0 Å². The van der Waals surface area contributed by atoms with Gasteiger partial charge in [-0.15, -0.1) is 12.6 Å². The maximum atomic E-state index is 12.2. The summed E-state index contributed by atoms with van der Waals surface area (Å²) in [6, 6.07) is 14.4. The normalized spacial score (nSPS) is 10.9. The smallest absolute Gasteiger partial charge is 0.193 e. The van der Waals surface area contributed by atoms with Crippen LogP contribution in [0.3, 0.4) is 0 Å². The van der Waals surface area contributed by atoms with Crippen LogP contribution in [0.4, 0.5) is 0 Å². The van der Waals surface area contributed by atoms with Crippen molar-refractivity contribution in [3.63, 3.8) is 0 Å². The van der Waals surface area contributed by atoms with Gasteiger partial charge in [-0.1, -0.05) is 19.8 Å². The van der Waals surface area contributed by atoms with Crippen LogP contribution in [-0.4, -0.2) is 6.61 Å². The topological polar surface area (TPSA) is 39.4 Å². The summed E-state index contributed by atoms with van der Waals surface area (Å²) in [5.41, 5.74) is 1.34. The standard InChI is InChI=1S/C20H20O3S/c1-2-3-4-11-22-15-7-5-14(6-8-15)19-13-18(21)17-10-9-16(24)12-20(17)23-19/h5-10,12-13,24H,2-4,11H2,1H3. The van der Waals surface area contributed by atoms with Crippen molar-refractivity contribution in [3.8, 4) is 17.1 Å². The number of ether oxygens (including phenoxy) is 1. The van der Waals surface area contributed by atoms with Crippen molar-refractivity contribution in [2.24, 2.45) is 0 Å². The fourth-order valence-corrected chi connectivity index (χ4v) is 2.74. The van der Waals surface area contributed by atoms with Gasteiger partial charge in [-0.3, -0.25) is 4.79 Å². The molecule has 1 aromatic heterocycles. The highest BCUT2D eigenvalue weighted by atomic mass is 32.1. The van der Waals surface area contributed by atoms with Crippen LogP contribution in [0, 0.1) is 0 Å². The van der Waals surface area contributed by atoms with Crippen LogP contribution < -0.4 is 10.2 Å². The summed E-state index contributed by atoms with van der Waals surface area (Å²) < 4.78 is 11.6. The molecule has 4 heteroatoms. The number of hydrogen-bond acceptors (Lipinski definition) is 4. The summed E-state index contributed by atoms with van der Waals surface area (Å²) >= 11 is 4.30. The van der Waals surface area contributed by atoms with Gasteiger partial charge in [-0.05, 0) is 48.9 Å². The highest BCUT2D eigenvalue weighted by Gasteiger charge is 2.07. The Morgan fingerprint density at radius 2 is 1.83 bits per heavy atom. The molecule has 0 fully saturated rings. The van der Waals surface area contributed by atoms with E-state index < -0.39 is 0 Å². The zero-order valence-corrected chi connectivity index (χ0v) is 14.5. The quantitative estimate of drug-likeness (QED) is 0.488. The Morgan fingerprint density at radius 3 is 2.58 bits per heavy atom. The average molecular weight is 340 g/mol. The van der Waals surface area contributed by atoms with E-state index in [1.165, 1.54) is 18.9 Å². The molecule has 0 saturated heterocycles. The predicted molar refractivity (Wildman–Crippen MR) is 100 cm³/mol. The largest absolute Gasteiger partial charge is 0.494 e. The Hall–Kier alpha value is -2.20. The molecule has 0 unspecified atom stereocenters. The van der Waals surface area contributed by atoms with Crippen molar-refractivity contribution in [2.45, 2.75) is 31.1 Å². The number of hydrogen-bond donors (Lipinski definition) is 1. The second-order valence-corrected chi connectivity index (χ2v) is 6.25. The molecular weight excluding hydrogens is 320 g/mol. The molecule has 0 radical (unpaired) electrons. The van der Waals surface area contributed by atoms with Gasteiger partial charge in [0.1, 0.15) is 17.1 Å². The molecule has 0 bridgehead atoms. The molecule has 0 atom stereocenters. The molecule has 0 amide bonds. The van der Waals surface area contributed by atoms with E-state index in [1.807, 2.05) is 24.3 Å². The molecule has 3 rings (SSSR count). The molecule has 24 heavy (non-hydrogen) atoms. The molecule has 2 aromatic carbocycles. The Bertz CT molecular complexity index is 882. The Balaban J connectivity index is 1.83. The fraction of sp³-hybridized carbons (Fsp3) is 0.250. The Kier molecular flexibility index (Phi) is 5.26. The van der Waals surface area contributed by atoms with Crippen molar-refractivity contribution >= 4 is 23.6 Å². The SMILES string of the molecule is CCCCCOc1ccc(-c2cc(=O)c3ccc(S)cc3o2)cc1. The van der Waals surface area contributed by atoms with E-state index in [4.69, 9.17) is 9.15 Å². The van der Waals surface area contributed by atoms with Crippen molar-refractivity contribution in [2.75, 3.05) is 6.61 Å². The van der Waals surface area contributed by atoms with Gasteiger partial charge >= 0.3 is 0 Å². The van der Waals surface area contributed by atoms with Crippen LogP contribution in [0.1, 0.15) is 26.2 Å². The van der Waals surface area contributed by atoms with E-state index in [9.17, 15) is 4.79 Å². The van der Waals surface area contributed by atoms with Gasteiger partial charge in [-0.25, -0.2) is 0 Å². The highest BCUT2D eigenvalue weighted by Crippen LogP contribution is 2.25. The number of fused-ring (bicyclic) bond motifs is 1. The van der Waals surface area contributed by atoms with Gasteiger partial charge in [0.2, 0.25) is 0 Å². The summed E-state index contributed by atoms with van der Waals surface area (Å²) in [5, 5.41) is 0.562. The number of benzene rings is 2. The molecule has 1 heterocycles. The van der Waals surface area contributed by atoms with Gasteiger partial charge < -0.3 is 9.15 Å². The van der Waals surface area contributed by atoms with E-state index >= 15 is 0 Å². The lowest BCUT2D eigenvalue weighted by atomic mass is 10.1. The van der Waals surface area contributed by atoms with Gasteiger partial charge in [0.25, 0.3) is 0 Å². The molecule has 3 aromatic rings. The fourth-order valence-electron chi connectivity index (χ4n) is 2.54. The molecule has 0 aliphatic rings. The average Bonchev–Trinajstić information content (AvgIpc) is 2.59. The van der Waals surface area contributed by atoms with E-state index in [2.05, 4.69) is 19.6 Å². The van der Waals surface area contributed by atoms with E-state index in [0.717, 1.165) is 29.2 Å². The Labute approximate surface area is 146 Å². The third-order valence-electron chi connectivity index (χ3n) is 3.87. The van der Waals surface area contributed by atoms with Crippen LogP contribution in [0.25, 0.3) is 22.3 Å². The molecule has 0 spiro atoms. The lowest BCUT2D eigenvalue weighted by Gasteiger charge is -2.07. The first-order valence-electron chi connectivity index (χ1n) is 8.17. The number of unbranched alkanes of at least 4 members (excludes halogenated alkanes) is 2. The zero-order valence-electron chi connectivity index (χ0n) is 13.6. The first-order chi connectivity index (χ1) is 11.7. The first-order valence-corrected chi connectivity index (χ1v) is 8.62. The minimum Gasteiger partial charge on any atom is -0.494 e. The lowest BCUT2D eigenvalue weighted by molar-refractivity contribution is 0.306. The molecule has 3 nitrogen and oxygen atoms in total. The molecule has 0 aliphatic carbocycles. The van der Waals surface area contributed by atoms with Gasteiger partial charge in [0.05, 0.1) is 12.0 Å². The van der Waals surface area contributed by atoms with Crippen LogP contribution in [0.2, 0.25) is 0 Å². The predicted octanol–water partition coefficient (Wildman–Crippen LogP) is 5.32. The van der Waals surface area contributed by atoms with Crippen molar-refractivity contribution in [1.82, 2.24) is 0 Å². The second kappa shape index (κ2) is 7.58. The monoisotopic (exact) mass is 340 g/mol. The lowest BCUT2D eigenvalue weighted by Crippen LogP contribution is -2.00. The first kappa shape index (κ1) is 16.7. The van der Waals surface area contributed by atoms with Gasteiger partial charge in [0.15, 0.2) is 5.43 Å². The second-order valence-electron chi connectivity index (χ2n) is 5.74. The molecule has 0 aliphatic heterocycles. The summed E-state index contributed by atoms with van der Waals surface area (Å²) in [4.78, 5) is 13.0. The maximum absolute atomic E-state index is 12.2. The zero-order chi connectivity index (χ0) is 16.9. The van der Waals surface area contributed by atoms with Crippen molar-refractivity contribution in [3.05, 3.63) is 58.8 Å². The van der Waals surface area contributed by atoms with Crippen LogP contribution in [0.5, 0.6) is 5.75 Å². The minimum atomic E-state index is -0.0560. The Morgan fingerprint density at radius 1 is 1.04 bits per heavy atom. The minimum absolute atomic E-state index is 0.0560. The van der Waals surface area contributed by atoms with Gasteiger partial charge in [0, 0.05) is 16.5 Å². The van der Waals surface area contributed by atoms with E-state index in [-0.39, 0.29) is 5.43 Å². The van der Waals surface area contributed by atoms with E-state index in [0.29, 0.717) is 16.7 Å². The summed E-state index contributed by atoms with van der Waals surface area (Å²) in [5.74, 6) is 1.37. The maximum Gasteiger partial charge on any atom is 0.193 e. The van der Waals surface area contributed by atoms with Crippen molar-refractivity contribution in [1.29, 1.82) is 0 Å². The summed E-state index contributed by atoms with van der Waals surface area (Å²) in [6.45, 7) is 2.89. The van der Waals surface area contributed by atoms with Crippen LogP contribution >= 0.6 is 12.6 Å². The summed E-state index contributed by atoms with van der Waals surface area (Å²) in [6.07, 6.45) is 3.41. The molecule has 0 saturated carbocycles. The molecule has 124 valence electrons. The number of thiol groups is 1. The molecular formula is C20H20O3S. The van der Waals surface area contributed by atoms with Gasteiger partial charge in [-0.2, -0.15) is 0 Å². The third-order valence-corrected chi connectivity index (χ3v) is 4.15. The molecule has 0 N–H and O–H groups in total. The van der Waals surface area contributed by atoms with E-state index in [1.54, 1.807) is 18.2 Å². The van der Waals surface area contributed by atoms with Crippen molar-refractivity contribution < 1.29 is 9.15 Å². The number of rotatable bonds is 6. The van der Waals surface area contributed by atoms with Crippen LogP contribution in [0.15, 0.2) is 62.6 Å². The highest BCUT2D eigenvalue weighted by molar-refractivity contribution is 7.80. The third kappa shape index (κ3) is 3.82. The summed E-state index contributed by atoms with van der Waals surface area (Å²) in [7, 11) is 0.